The summed E-state index contributed by atoms with van der Waals surface area (Å²) in [4.78, 5) is 2.89. The first-order valence-corrected chi connectivity index (χ1v) is 6.76. The summed E-state index contributed by atoms with van der Waals surface area (Å²) < 4.78 is 5.71. The van der Waals surface area contributed by atoms with Crippen molar-refractivity contribution in [3.05, 3.63) is 29.8 Å². The van der Waals surface area contributed by atoms with E-state index in [0.29, 0.717) is 11.4 Å². The molecule has 2 rings (SSSR count). The molecule has 3 nitrogen and oxygen atoms in total. The Morgan fingerprint density at radius 2 is 2.06 bits per heavy atom. The smallest absolute Gasteiger partial charge is 0.119 e. The predicted molar refractivity (Wildman–Crippen MR) is 78.1 cm³/mol. The zero-order valence-electron chi connectivity index (χ0n) is 10.8. The summed E-state index contributed by atoms with van der Waals surface area (Å²) in [6, 6.07) is 8.77. The second kappa shape index (κ2) is 6.16. The van der Waals surface area contributed by atoms with Gasteiger partial charge in [-0.1, -0.05) is 24.4 Å². The van der Waals surface area contributed by atoms with Gasteiger partial charge >= 0.3 is 0 Å². The van der Waals surface area contributed by atoms with E-state index in [0.717, 1.165) is 30.5 Å². The third kappa shape index (κ3) is 4.27. The van der Waals surface area contributed by atoms with Crippen molar-refractivity contribution in [2.45, 2.75) is 25.3 Å². The lowest BCUT2D eigenvalue weighted by Crippen LogP contribution is -2.26. The fourth-order valence-electron chi connectivity index (χ4n) is 1.91. The molecule has 2 N–H and O–H groups in total. The molecular formula is C14H20N2OS. The molecule has 98 valence electrons. The average Bonchev–Trinajstić information content (AvgIpc) is 3.14. The molecule has 0 heterocycles. The van der Waals surface area contributed by atoms with Crippen LogP contribution < -0.4 is 10.5 Å². The number of rotatable bonds is 7. The number of hydrogen-bond acceptors (Lipinski definition) is 3. The van der Waals surface area contributed by atoms with E-state index in [4.69, 9.17) is 22.7 Å². The van der Waals surface area contributed by atoms with Crippen LogP contribution in [-0.2, 0) is 6.42 Å². The Kier molecular flexibility index (Phi) is 4.55. The third-order valence-electron chi connectivity index (χ3n) is 3.18. The summed E-state index contributed by atoms with van der Waals surface area (Å²) in [6.07, 6.45) is 3.33. The first kappa shape index (κ1) is 13.3. The van der Waals surface area contributed by atoms with Gasteiger partial charge in [-0.25, -0.2) is 0 Å². The molecule has 1 saturated carbocycles. The number of hydrogen-bond donors (Lipinski definition) is 1. The van der Waals surface area contributed by atoms with E-state index in [2.05, 4.69) is 11.9 Å². The van der Waals surface area contributed by atoms with Crippen LogP contribution in [0.25, 0.3) is 0 Å². The second-order valence-electron chi connectivity index (χ2n) is 4.85. The van der Waals surface area contributed by atoms with Crippen molar-refractivity contribution in [1.82, 2.24) is 4.90 Å². The van der Waals surface area contributed by atoms with Crippen LogP contribution in [0.2, 0.25) is 0 Å². The highest BCUT2D eigenvalue weighted by atomic mass is 32.1. The molecule has 0 spiro atoms. The summed E-state index contributed by atoms with van der Waals surface area (Å²) in [6.45, 7) is 1.72. The molecule has 1 aliphatic carbocycles. The Labute approximate surface area is 114 Å². The van der Waals surface area contributed by atoms with Crippen molar-refractivity contribution in [2.24, 2.45) is 5.73 Å². The first-order valence-electron chi connectivity index (χ1n) is 6.35. The van der Waals surface area contributed by atoms with Gasteiger partial charge in [0.15, 0.2) is 0 Å². The minimum Gasteiger partial charge on any atom is -0.492 e. The number of thiocarbonyl (C=S) groups is 1. The summed E-state index contributed by atoms with van der Waals surface area (Å²) in [5, 5.41) is 0. The number of nitrogens with two attached hydrogens (primary N) is 1. The SMILES string of the molecule is CN(CCOc1ccc(CC(N)=S)cc1)C1CC1. The Hall–Kier alpha value is -1.13. The van der Waals surface area contributed by atoms with Gasteiger partial charge in [0.05, 0.1) is 4.99 Å². The standard InChI is InChI=1S/C14H20N2OS/c1-16(12-4-5-12)8-9-17-13-6-2-11(3-7-13)10-14(15)18/h2-3,6-7,12H,4-5,8-10H2,1H3,(H2,15,18). The van der Waals surface area contributed by atoms with E-state index in [1.54, 1.807) is 0 Å². The topological polar surface area (TPSA) is 38.5 Å². The van der Waals surface area contributed by atoms with E-state index < -0.39 is 0 Å². The summed E-state index contributed by atoms with van der Waals surface area (Å²) in [5.74, 6) is 0.908. The molecule has 0 amide bonds. The van der Waals surface area contributed by atoms with Crippen LogP contribution in [0.1, 0.15) is 18.4 Å². The molecule has 1 aromatic carbocycles. The van der Waals surface area contributed by atoms with Crippen LogP contribution >= 0.6 is 12.2 Å². The fourth-order valence-corrected chi connectivity index (χ4v) is 2.08. The number of likely N-dealkylation sites (N-methyl/N-ethyl adjacent to an activating group) is 1. The number of ether oxygens (including phenoxy) is 1. The van der Waals surface area contributed by atoms with Crippen LogP contribution in [0.4, 0.5) is 0 Å². The van der Waals surface area contributed by atoms with Gasteiger partial charge in [-0.15, -0.1) is 0 Å². The Bertz CT molecular complexity index is 401. The van der Waals surface area contributed by atoms with Gasteiger partial charge < -0.3 is 15.4 Å². The van der Waals surface area contributed by atoms with Gasteiger partial charge in [0.2, 0.25) is 0 Å². The van der Waals surface area contributed by atoms with E-state index >= 15 is 0 Å². The molecule has 0 bridgehead atoms. The largest absolute Gasteiger partial charge is 0.492 e. The highest BCUT2D eigenvalue weighted by molar-refractivity contribution is 7.80. The van der Waals surface area contributed by atoms with Gasteiger partial charge in [0, 0.05) is 19.0 Å². The highest BCUT2D eigenvalue weighted by Gasteiger charge is 2.25. The molecule has 0 unspecified atom stereocenters. The molecule has 1 fully saturated rings. The van der Waals surface area contributed by atoms with E-state index in [-0.39, 0.29) is 0 Å². The van der Waals surface area contributed by atoms with Crippen LogP contribution in [0.15, 0.2) is 24.3 Å². The molecule has 4 heteroatoms. The van der Waals surface area contributed by atoms with Crippen molar-refractivity contribution in [3.63, 3.8) is 0 Å². The quantitative estimate of drug-likeness (QED) is 0.764. The molecule has 0 saturated heterocycles. The van der Waals surface area contributed by atoms with Crippen LogP contribution in [0.5, 0.6) is 5.75 Å². The van der Waals surface area contributed by atoms with Gasteiger partial charge in [-0.2, -0.15) is 0 Å². The highest BCUT2D eigenvalue weighted by Crippen LogP contribution is 2.24. The molecule has 18 heavy (non-hydrogen) atoms. The number of nitrogens with zero attached hydrogens (tertiary/aromatic N) is 1. The molecule has 0 aliphatic heterocycles. The second-order valence-corrected chi connectivity index (χ2v) is 5.37. The van der Waals surface area contributed by atoms with Gasteiger partial charge in [-0.05, 0) is 37.6 Å². The first-order chi connectivity index (χ1) is 8.65. The zero-order valence-corrected chi connectivity index (χ0v) is 11.6. The van der Waals surface area contributed by atoms with Crippen molar-refractivity contribution in [2.75, 3.05) is 20.2 Å². The molecule has 1 aromatic rings. The van der Waals surface area contributed by atoms with E-state index in [9.17, 15) is 0 Å². The molecule has 1 aliphatic rings. The van der Waals surface area contributed by atoms with E-state index in [1.165, 1.54) is 12.8 Å². The summed E-state index contributed by atoms with van der Waals surface area (Å²) in [7, 11) is 2.16. The van der Waals surface area contributed by atoms with Crippen LogP contribution in [-0.4, -0.2) is 36.1 Å². The van der Waals surface area contributed by atoms with Gasteiger partial charge in [0.1, 0.15) is 12.4 Å². The fraction of sp³-hybridized carbons (Fsp3) is 0.500. The molecule has 0 radical (unpaired) electrons. The molecule has 0 aromatic heterocycles. The lowest BCUT2D eigenvalue weighted by Gasteiger charge is -2.15. The van der Waals surface area contributed by atoms with Crippen molar-refractivity contribution in [3.8, 4) is 5.75 Å². The third-order valence-corrected chi connectivity index (χ3v) is 3.33. The maximum atomic E-state index is 5.71. The Morgan fingerprint density at radius 3 is 2.61 bits per heavy atom. The summed E-state index contributed by atoms with van der Waals surface area (Å²) >= 11 is 4.88. The number of benzene rings is 1. The van der Waals surface area contributed by atoms with Gasteiger partial charge in [0.25, 0.3) is 0 Å². The normalized spacial score (nSPS) is 14.8. The van der Waals surface area contributed by atoms with E-state index in [1.807, 2.05) is 24.3 Å². The minimum atomic E-state index is 0.523. The lowest BCUT2D eigenvalue weighted by molar-refractivity contribution is 0.232. The maximum Gasteiger partial charge on any atom is 0.119 e. The maximum absolute atomic E-state index is 5.71. The Morgan fingerprint density at radius 1 is 1.39 bits per heavy atom. The lowest BCUT2D eigenvalue weighted by atomic mass is 10.1. The van der Waals surface area contributed by atoms with Crippen LogP contribution in [0.3, 0.4) is 0 Å². The average molecular weight is 264 g/mol. The van der Waals surface area contributed by atoms with Crippen molar-refractivity contribution >= 4 is 17.2 Å². The molecule has 0 atom stereocenters. The Balaban J connectivity index is 1.73. The van der Waals surface area contributed by atoms with Gasteiger partial charge in [-0.3, -0.25) is 0 Å². The zero-order chi connectivity index (χ0) is 13.0. The van der Waals surface area contributed by atoms with Crippen molar-refractivity contribution in [1.29, 1.82) is 0 Å². The predicted octanol–water partition coefficient (Wildman–Crippen LogP) is 1.99. The molecular weight excluding hydrogens is 244 g/mol. The monoisotopic (exact) mass is 264 g/mol. The summed E-state index contributed by atoms with van der Waals surface area (Å²) in [5.41, 5.74) is 6.63. The van der Waals surface area contributed by atoms with Crippen molar-refractivity contribution < 1.29 is 4.74 Å². The van der Waals surface area contributed by atoms with Crippen LogP contribution in [0, 0.1) is 0 Å². The minimum absolute atomic E-state index is 0.523.